The highest BCUT2D eigenvalue weighted by atomic mass is 19.2. The zero-order valence-corrected chi connectivity index (χ0v) is 10.9. The summed E-state index contributed by atoms with van der Waals surface area (Å²) in [5.74, 6) is -4.45. The Morgan fingerprint density at radius 3 is 3.00 bits per heavy atom. The van der Waals surface area contributed by atoms with Crippen molar-refractivity contribution in [1.29, 1.82) is 0 Å². The second kappa shape index (κ2) is 5.00. The fourth-order valence-corrected chi connectivity index (χ4v) is 2.76. The minimum Gasteiger partial charge on any atom is -0.358 e. The van der Waals surface area contributed by atoms with E-state index < -0.39 is 17.7 Å². The summed E-state index contributed by atoms with van der Waals surface area (Å²) in [6.07, 6.45) is 3.95. The van der Waals surface area contributed by atoms with E-state index in [4.69, 9.17) is 0 Å². The maximum atomic E-state index is 14.3. The summed E-state index contributed by atoms with van der Waals surface area (Å²) in [6, 6.07) is 7.00. The van der Waals surface area contributed by atoms with Gasteiger partial charge in [0.25, 0.3) is 0 Å². The van der Waals surface area contributed by atoms with Gasteiger partial charge in [-0.25, -0.2) is 9.71 Å². The van der Waals surface area contributed by atoms with Crippen LogP contribution < -0.4 is 10.6 Å². The molecular weight excluding hydrogens is 259 g/mol. The van der Waals surface area contributed by atoms with Crippen LogP contribution in [-0.2, 0) is 4.79 Å². The Morgan fingerprint density at radius 2 is 2.25 bits per heavy atom. The zero-order valence-electron chi connectivity index (χ0n) is 10.9. The van der Waals surface area contributed by atoms with E-state index in [-0.39, 0.29) is 6.17 Å². The number of fused-ring (bicyclic) bond motifs is 1. The summed E-state index contributed by atoms with van der Waals surface area (Å²) in [6.45, 7) is 0.714. The van der Waals surface area contributed by atoms with Crippen LogP contribution in [0.5, 0.6) is 0 Å². The Balaban J connectivity index is 1.89. The lowest BCUT2D eigenvalue weighted by Gasteiger charge is -2.31. The molecular formula is C15H16FN2O2. The molecule has 1 radical (unpaired) electrons. The van der Waals surface area contributed by atoms with Crippen LogP contribution in [0.2, 0.25) is 0 Å². The summed E-state index contributed by atoms with van der Waals surface area (Å²) in [5, 5.41) is 16.8. The average molecular weight is 275 g/mol. The Hall–Kier alpha value is -1.72. The Bertz CT molecular complexity index is 551. The highest BCUT2D eigenvalue weighted by Gasteiger charge is 2.44. The predicted octanol–water partition coefficient (Wildman–Crippen LogP) is 1.30. The van der Waals surface area contributed by atoms with E-state index in [2.05, 4.69) is 10.6 Å². The topological polar surface area (TPSA) is 63.4 Å². The third kappa shape index (κ3) is 2.34. The van der Waals surface area contributed by atoms with Gasteiger partial charge in [-0.3, -0.25) is 4.79 Å². The highest BCUT2D eigenvalue weighted by molar-refractivity contribution is 5.88. The fourth-order valence-electron chi connectivity index (χ4n) is 2.76. The molecule has 3 rings (SSSR count). The number of carbonyl (C=O) groups excluding carboxylic acids is 1. The van der Waals surface area contributed by atoms with E-state index in [9.17, 15) is 14.3 Å². The van der Waals surface area contributed by atoms with E-state index in [0.29, 0.717) is 12.1 Å². The number of halogens is 1. The maximum Gasteiger partial charge on any atom is 0.242 e. The summed E-state index contributed by atoms with van der Waals surface area (Å²) >= 11 is 0. The largest absolute Gasteiger partial charge is 0.358 e. The second-order valence-corrected chi connectivity index (χ2v) is 5.20. The molecule has 0 saturated carbocycles. The van der Waals surface area contributed by atoms with Crippen molar-refractivity contribution in [3.05, 3.63) is 41.5 Å². The van der Waals surface area contributed by atoms with Crippen molar-refractivity contribution in [2.75, 3.05) is 6.54 Å². The van der Waals surface area contributed by atoms with Crippen molar-refractivity contribution < 1.29 is 14.3 Å². The Kier molecular flexibility index (Phi) is 3.31. The molecule has 1 amide bonds. The van der Waals surface area contributed by atoms with Gasteiger partial charge < -0.3 is 10.4 Å². The number of nitrogens with zero attached hydrogens (tertiary/aromatic N) is 1. The van der Waals surface area contributed by atoms with Crippen LogP contribution in [0.1, 0.15) is 29.9 Å². The van der Waals surface area contributed by atoms with Gasteiger partial charge in [0, 0.05) is 6.54 Å². The summed E-state index contributed by atoms with van der Waals surface area (Å²) < 4.78 is 14.3. The third-order valence-electron chi connectivity index (χ3n) is 3.76. The molecule has 1 aromatic rings. The Morgan fingerprint density at radius 1 is 1.45 bits per heavy atom. The summed E-state index contributed by atoms with van der Waals surface area (Å²) in [4.78, 5) is 12.3. The number of benzene rings is 1. The van der Waals surface area contributed by atoms with Crippen molar-refractivity contribution in [2.24, 2.45) is 0 Å². The number of nitrogens with one attached hydrogen (secondary N) is 1. The maximum absolute atomic E-state index is 14.3. The predicted molar refractivity (Wildman–Crippen MR) is 72.4 cm³/mol. The number of amides is 1. The van der Waals surface area contributed by atoms with Crippen molar-refractivity contribution in [3.63, 3.8) is 0 Å². The molecule has 1 aromatic carbocycles. The van der Waals surface area contributed by atoms with Gasteiger partial charge in [0.05, 0.1) is 6.17 Å². The zero-order chi connectivity index (χ0) is 14.2. The molecule has 3 unspecified atom stereocenters. The first-order valence-electron chi connectivity index (χ1n) is 6.74. The molecule has 1 fully saturated rings. The van der Waals surface area contributed by atoms with Crippen LogP contribution in [0.4, 0.5) is 4.39 Å². The van der Waals surface area contributed by atoms with E-state index in [1.165, 1.54) is 6.08 Å². The molecule has 1 saturated heterocycles. The highest BCUT2D eigenvalue weighted by Crippen LogP contribution is 2.38. The lowest BCUT2D eigenvalue weighted by molar-refractivity contribution is -0.136. The normalized spacial score (nSPS) is 31.9. The van der Waals surface area contributed by atoms with Gasteiger partial charge >= 0.3 is 0 Å². The first kappa shape index (κ1) is 13.3. The van der Waals surface area contributed by atoms with Crippen LogP contribution in [0.3, 0.4) is 0 Å². The first-order valence-corrected chi connectivity index (χ1v) is 6.74. The third-order valence-corrected chi connectivity index (χ3v) is 3.76. The van der Waals surface area contributed by atoms with Gasteiger partial charge in [0.1, 0.15) is 5.92 Å². The number of rotatable bonds is 2. The van der Waals surface area contributed by atoms with Crippen molar-refractivity contribution in [3.8, 4) is 0 Å². The molecule has 1 aliphatic carbocycles. The molecule has 2 N–H and O–H groups in total. The molecule has 0 spiro atoms. The fraction of sp³-hybridized carbons (Fsp3) is 0.400. The molecule has 20 heavy (non-hydrogen) atoms. The summed E-state index contributed by atoms with van der Waals surface area (Å²) in [5.41, 5.74) is 1.24. The quantitative estimate of drug-likeness (QED) is 0.854. The first-order chi connectivity index (χ1) is 9.58. The number of alkyl halides is 1. The molecule has 3 atom stereocenters. The lowest BCUT2D eigenvalue weighted by atomic mass is 9.83. The van der Waals surface area contributed by atoms with E-state index in [0.717, 1.165) is 24.5 Å². The SMILES string of the molecule is O=C(NC1CCC[N]1)C1c2ccccc2C=CC1(O)F. The van der Waals surface area contributed by atoms with Crippen LogP contribution in [-0.4, -0.2) is 29.6 Å². The van der Waals surface area contributed by atoms with E-state index in [1.54, 1.807) is 18.2 Å². The molecule has 2 aliphatic rings. The number of hydrogen-bond donors (Lipinski definition) is 2. The molecule has 4 nitrogen and oxygen atoms in total. The molecule has 0 bridgehead atoms. The van der Waals surface area contributed by atoms with Gasteiger partial charge in [0.15, 0.2) is 0 Å². The molecule has 105 valence electrons. The van der Waals surface area contributed by atoms with Gasteiger partial charge in [-0.05, 0) is 30.0 Å². The smallest absolute Gasteiger partial charge is 0.242 e. The second-order valence-electron chi connectivity index (χ2n) is 5.20. The molecule has 1 heterocycles. The van der Waals surface area contributed by atoms with Crippen LogP contribution in [0.25, 0.3) is 6.08 Å². The van der Waals surface area contributed by atoms with E-state index >= 15 is 0 Å². The molecule has 1 aliphatic heterocycles. The standard InChI is InChI=1S/C15H16FN2O2/c16-15(20)8-7-10-4-1-2-5-11(10)13(15)14(19)18-12-6-3-9-17-12/h1-2,4-5,7-8,12-13,20H,3,6,9H2,(H,18,19). The van der Waals surface area contributed by atoms with Crippen LogP contribution in [0, 0.1) is 0 Å². The van der Waals surface area contributed by atoms with Gasteiger partial charge in [-0.15, -0.1) is 0 Å². The minimum atomic E-state index is -2.67. The van der Waals surface area contributed by atoms with Crippen molar-refractivity contribution >= 4 is 12.0 Å². The Labute approximate surface area is 116 Å². The number of carbonyl (C=O) groups is 1. The lowest BCUT2D eigenvalue weighted by Crippen LogP contribution is -2.47. The van der Waals surface area contributed by atoms with Crippen molar-refractivity contribution in [1.82, 2.24) is 10.6 Å². The van der Waals surface area contributed by atoms with Gasteiger partial charge in [0.2, 0.25) is 11.8 Å². The van der Waals surface area contributed by atoms with Gasteiger partial charge in [-0.1, -0.05) is 30.3 Å². The minimum absolute atomic E-state index is 0.267. The van der Waals surface area contributed by atoms with Crippen LogP contribution >= 0.6 is 0 Å². The monoisotopic (exact) mass is 275 g/mol. The molecule has 5 heteroatoms. The van der Waals surface area contributed by atoms with E-state index in [1.807, 2.05) is 6.07 Å². The van der Waals surface area contributed by atoms with Crippen molar-refractivity contribution in [2.45, 2.75) is 30.8 Å². The van der Waals surface area contributed by atoms with Gasteiger partial charge in [-0.2, -0.15) is 0 Å². The number of hydrogen-bond acceptors (Lipinski definition) is 2. The van der Waals surface area contributed by atoms with Crippen LogP contribution in [0.15, 0.2) is 30.3 Å². The summed E-state index contributed by atoms with van der Waals surface area (Å²) in [7, 11) is 0. The molecule has 0 aromatic heterocycles. The number of aliphatic hydroxyl groups is 1. The average Bonchev–Trinajstić information content (AvgIpc) is 2.90.